The van der Waals surface area contributed by atoms with Gasteiger partial charge in [-0.3, -0.25) is 4.90 Å². The molecule has 4 heteroatoms. The molecular formula is C12H18N4. The van der Waals surface area contributed by atoms with E-state index in [9.17, 15) is 0 Å². The van der Waals surface area contributed by atoms with E-state index in [1.807, 2.05) is 19.1 Å². The topological polar surface area (TPSA) is 65.9 Å². The van der Waals surface area contributed by atoms with Gasteiger partial charge in [-0.15, -0.1) is 0 Å². The van der Waals surface area contributed by atoms with E-state index in [1.54, 1.807) is 6.20 Å². The zero-order chi connectivity index (χ0) is 12.0. The molecule has 2 N–H and O–H groups in total. The molecule has 0 spiro atoms. The summed E-state index contributed by atoms with van der Waals surface area (Å²) in [6.45, 7) is 6.55. The fourth-order valence-corrected chi connectivity index (χ4v) is 1.58. The van der Waals surface area contributed by atoms with E-state index >= 15 is 0 Å². The highest BCUT2D eigenvalue weighted by atomic mass is 15.1. The van der Waals surface area contributed by atoms with Gasteiger partial charge in [-0.2, -0.15) is 5.26 Å². The first-order valence-electron chi connectivity index (χ1n) is 5.48. The normalized spacial score (nSPS) is 12.4. The molecule has 1 aromatic rings. The van der Waals surface area contributed by atoms with Crippen LogP contribution < -0.4 is 5.73 Å². The summed E-state index contributed by atoms with van der Waals surface area (Å²) in [6, 6.07) is 6.08. The largest absolute Gasteiger partial charge is 0.384 e. The Bertz CT molecular complexity index is 370. The van der Waals surface area contributed by atoms with E-state index < -0.39 is 0 Å². The minimum atomic E-state index is 0.0548. The fraction of sp³-hybridized carbons (Fsp3) is 0.500. The van der Waals surface area contributed by atoms with Crippen LogP contribution in [0, 0.1) is 17.2 Å². The van der Waals surface area contributed by atoms with Crippen LogP contribution in [-0.2, 0) is 6.54 Å². The van der Waals surface area contributed by atoms with Gasteiger partial charge in [-0.1, -0.05) is 6.92 Å². The molecule has 1 aromatic heterocycles. The van der Waals surface area contributed by atoms with Crippen LogP contribution in [0.2, 0.25) is 0 Å². The summed E-state index contributed by atoms with van der Waals surface area (Å²) in [5.41, 5.74) is 6.76. The van der Waals surface area contributed by atoms with E-state index in [1.165, 1.54) is 0 Å². The van der Waals surface area contributed by atoms with Gasteiger partial charge in [0.1, 0.15) is 5.82 Å². The van der Waals surface area contributed by atoms with Crippen LogP contribution in [0.25, 0.3) is 0 Å². The molecule has 1 heterocycles. The number of nitrogen functional groups attached to an aromatic ring is 1. The second-order valence-electron chi connectivity index (χ2n) is 3.95. The average Bonchev–Trinajstić information content (AvgIpc) is 2.28. The Morgan fingerprint density at radius 1 is 1.62 bits per heavy atom. The molecule has 0 saturated heterocycles. The first-order chi connectivity index (χ1) is 7.65. The maximum atomic E-state index is 8.78. The maximum absolute atomic E-state index is 8.78. The van der Waals surface area contributed by atoms with E-state index in [0.717, 1.165) is 25.2 Å². The first kappa shape index (κ1) is 12.5. The van der Waals surface area contributed by atoms with Crippen molar-refractivity contribution >= 4 is 5.82 Å². The fourth-order valence-electron chi connectivity index (χ4n) is 1.58. The predicted molar refractivity (Wildman–Crippen MR) is 64.4 cm³/mol. The minimum absolute atomic E-state index is 0.0548. The third-order valence-corrected chi connectivity index (χ3v) is 2.45. The molecule has 1 rings (SSSR count). The lowest BCUT2D eigenvalue weighted by molar-refractivity contribution is 0.260. The highest BCUT2D eigenvalue weighted by Crippen LogP contribution is 2.08. The molecule has 0 bridgehead atoms. The average molecular weight is 218 g/mol. The molecule has 0 aliphatic carbocycles. The van der Waals surface area contributed by atoms with Crippen molar-refractivity contribution in [3.8, 4) is 6.07 Å². The highest BCUT2D eigenvalue weighted by Gasteiger charge is 2.08. The smallest absolute Gasteiger partial charge is 0.123 e. The lowest BCUT2D eigenvalue weighted by Crippen LogP contribution is -2.27. The van der Waals surface area contributed by atoms with Crippen molar-refractivity contribution in [1.82, 2.24) is 9.88 Å². The molecule has 0 amide bonds. The lowest BCUT2D eigenvalue weighted by atomic mass is 10.1. The Morgan fingerprint density at radius 3 is 2.94 bits per heavy atom. The van der Waals surface area contributed by atoms with Gasteiger partial charge in [0.25, 0.3) is 0 Å². The van der Waals surface area contributed by atoms with Crippen molar-refractivity contribution in [3.63, 3.8) is 0 Å². The van der Waals surface area contributed by atoms with Crippen LogP contribution in [0.3, 0.4) is 0 Å². The Kier molecular flexibility index (Phi) is 4.74. The summed E-state index contributed by atoms with van der Waals surface area (Å²) >= 11 is 0. The maximum Gasteiger partial charge on any atom is 0.123 e. The summed E-state index contributed by atoms with van der Waals surface area (Å²) in [6.07, 6.45) is 1.71. The van der Waals surface area contributed by atoms with Crippen LogP contribution in [0.15, 0.2) is 18.3 Å². The second-order valence-corrected chi connectivity index (χ2v) is 3.95. The molecule has 0 aromatic carbocycles. The van der Waals surface area contributed by atoms with Crippen molar-refractivity contribution in [2.45, 2.75) is 20.4 Å². The monoisotopic (exact) mass is 218 g/mol. The zero-order valence-corrected chi connectivity index (χ0v) is 9.85. The number of nitrogens with two attached hydrogens (primary N) is 1. The van der Waals surface area contributed by atoms with Gasteiger partial charge < -0.3 is 5.73 Å². The number of aromatic nitrogens is 1. The van der Waals surface area contributed by atoms with Crippen molar-refractivity contribution < 1.29 is 0 Å². The number of rotatable bonds is 5. The zero-order valence-electron chi connectivity index (χ0n) is 9.85. The number of hydrogen-bond acceptors (Lipinski definition) is 4. The Labute approximate surface area is 96.7 Å². The third kappa shape index (κ3) is 3.87. The van der Waals surface area contributed by atoms with Crippen LogP contribution in [-0.4, -0.2) is 23.0 Å². The number of hydrogen-bond donors (Lipinski definition) is 1. The SMILES string of the molecule is CCN(Cc1ccnc(N)c1)CC(C)C#N. The van der Waals surface area contributed by atoms with E-state index in [2.05, 4.69) is 22.9 Å². The Hall–Kier alpha value is -1.60. The van der Waals surface area contributed by atoms with E-state index in [0.29, 0.717) is 5.82 Å². The summed E-state index contributed by atoms with van der Waals surface area (Å²) in [7, 11) is 0. The van der Waals surface area contributed by atoms with Crippen molar-refractivity contribution in [2.24, 2.45) is 5.92 Å². The summed E-state index contributed by atoms with van der Waals surface area (Å²) in [4.78, 5) is 6.18. The lowest BCUT2D eigenvalue weighted by Gasteiger charge is -2.21. The molecule has 16 heavy (non-hydrogen) atoms. The van der Waals surface area contributed by atoms with Gasteiger partial charge in [-0.25, -0.2) is 4.98 Å². The van der Waals surface area contributed by atoms with Gasteiger partial charge in [0.2, 0.25) is 0 Å². The molecule has 0 aliphatic heterocycles. The van der Waals surface area contributed by atoms with Crippen LogP contribution in [0.5, 0.6) is 0 Å². The van der Waals surface area contributed by atoms with Crippen molar-refractivity contribution in [2.75, 3.05) is 18.8 Å². The van der Waals surface area contributed by atoms with Crippen LogP contribution in [0.4, 0.5) is 5.82 Å². The molecular weight excluding hydrogens is 200 g/mol. The Morgan fingerprint density at radius 2 is 2.38 bits per heavy atom. The molecule has 0 radical (unpaired) electrons. The molecule has 0 saturated carbocycles. The quantitative estimate of drug-likeness (QED) is 0.816. The predicted octanol–water partition coefficient (Wildman–Crippen LogP) is 1.65. The minimum Gasteiger partial charge on any atom is -0.384 e. The summed E-state index contributed by atoms with van der Waals surface area (Å²) < 4.78 is 0. The number of pyridine rings is 1. The van der Waals surface area contributed by atoms with E-state index in [-0.39, 0.29) is 5.92 Å². The van der Waals surface area contributed by atoms with Gasteiger partial charge in [-0.05, 0) is 31.2 Å². The standard InChI is InChI=1S/C12H18N4/c1-3-16(8-10(2)7-13)9-11-4-5-15-12(14)6-11/h4-6,10H,3,8-9H2,1-2H3,(H2,14,15). The third-order valence-electron chi connectivity index (χ3n) is 2.45. The van der Waals surface area contributed by atoms with Gasteiger partial charge in [0.15, 0.2) is 0 Å². The van der Waals surface area contributed by atoms with Gasteiger partial charge >= 0.3 is 0 Å². The Balaban J connectivity index is 2.60. The number of nitrogens with zero attached hydrogens (tertiary/aromatic N) is 3. The van der Waals surface area contributed by atoms with Gasteiger partial charge in [0, 0.05) is 19.3 Å². The van der Waals surface area contributed by atoms with E-state index in [4.69, 9.17) is 11.0 Å². The molecule has 4 nitrogen and oxygen atoms in total. The number of anilines is 1. The first-order valence-corrected chi connectivity index (χ1v) is 5.48. The summed E-state index contributed by atoms with van der Waals surface area (Å²) in [5.74, 6) is 0.598. The highest BCUT2D eigenvalue weighted by molar-refractivity contribution is 5.31. The molecule has 86 valence electrons. The number of nitriles is 1. The molecule has 1 unspecified atom stereocenters. The molecule has 0 aliphatic rings. The molecule has 0 fully saturated rings. The van der Waals surface area contributed by atoms with Crippen molar-refractivity contribution in [3.05, 3.63) is 23.9 Å². The van der Waals surface area contributed by atoms with Crippen molar-refractivity contribution in [1.29, 1.82) is 5.26 Å². The molecule has 1 atom stereocenters. The van der Waals surface area contributed by atoms with Crippen LogP contribution in [0.1, 0.15) is 19.4 Å². The summed E-state index contributed by atoms with van der Waals surface area (Å²) in [5, 5.41) is 8.78. The second kappa shape index (κ2) is 6.09. The van der Waals surface area contributed by atoms with Crippen LogP contribution >= 0.6 is 0 Å². The van der Waals surface area contributed by atoms with Gasteiger partial charge in [0.05, 0.1) is 12.0 Å².